The Morgan fingerprint density at radius 2 is 2.14 bits per heavy atom. The maximum absolute atomic E-state index is 12.8. The summed E-state index contributed by atoms with van der Waals surface area (Å²) in [5, 5.41) is 0. The summed E-state index contributed by atoms with van der Waals surface area (Å²) in [5.41, 5.74) is 3.33. The van der Waals surface area contributed by atoms with Gasteiger partial charge in [0.1, 0.15) is 17.2 Å². The number of carbonyl (C=O) groups is 1. The molecule has 0 atom stereocenters. The van der Waals surface area contributed by atoms with Crippen molar-refractivity contribution in [3.05, 3.63) is 59.6 Å². The van der Waals surface area contributed by atoms with E-state index in [9.17, 15) is 4.79 Å². The first-order valence-electron chi connectivity index (χ1n) is 7.31. The Hall–Kier alpha value is -2.76. The lowest BCUT2D eigenvalue weighted by atomic mass is 10.3. The van der Waals surface area contributed by atoms with Gasteiger partial charge in [0.05, 0.1) is 18.4 Å². The zero-order valence-electron chi connectivity index (χ0n) is 12.2. The van der Waals surface area contributed by atoms with Gasteiger partial charge in [-0.15, -0.1) is 0 Å². The lowest BCUT2D eigenvalue weighted by Gasteiger charge is -2.14. The minimum absolute atomic E-state index is 0.0326. The Balaban J connectivity index is 1.65. The zero-order valence-corrected chi connectivity index (χ0v) is 12.2. The molecule has 0 saturated heterocycles. The Morgan fingerprint density at radius 3 is 3.00 bits per heavy atom. The molecule has 0 bridgehead atoms. The highest BCUT2D eigenvalue weighted by atomic mass is 16.2. The molecule has 0 aromatic carbocycles. The van der Waals surface area contributed by atoms with Gasteiger partial charge in [-0.1, -0.05) is 13.0 Å². The number of fused-ring (bicyclic) bond motifs is 2. The molecule has 6 nitrogen and oxygen atoms in total. The summed E-state index contributed by atoms with van der Waals surface area (Å²) in [6.45, 7) is 3.11. The first kappa shape index (κ1) is 12.9. The number of rotatable bonds is 2. The van der Waals surface area contributed by atoms with Gasteiger partial charge in [-0.25, -0.2) is 15.0 Å². The molecule has 1 aliphatic rings. The van der Waals surface area contributed by atoms with Gasteiger partial charge in [0, 0.05) is 30.9 Å². The molecule has 1 amide bonds. The van der Waals surface area contributed by atoms with Crippen molar-refractivity contribution in [2.24, 2.45) is 0 Å². The predicted molar refractivity (Wildman–Crippen MR) is 80.2 cm³/mol. The van der Waals surface area contributed by atoms with Gasteiger partial charge in [-0.05, 0) is 12.1 Å². The third-order valence-corrected chi connectivity index (χ3v) is 3.95. The fourth-order valence-electron chi connectivity index (χ4n) is 2.76. The van der Waals surface area contributed by atoms with Crippen LogP contribution in [0, 0.1) is 0 Å². The van der Waals surface area contributed by atoms with Crippen LogP contribution in [0.25, 0.3) is 5.65 Å². The van der Waals surface area contributed by atoms with Crippen molar-refractivity contribution in [1.29, 1.82) is 0 Å². The van der Waals surface area contributed by atoms with Crippen molar-refractivity contribution >= 4 is 11.6 Å². The van der Waals surface area contributed by atoms with Crippen LogP contribution in [0.2, 0.25) is 0 Å². The highest BCUT2D eigenvalue weighted by molar-refractivity contribution is 5.93. The number of pyridine rings is 1. The summed E-state index contributed by atoms with van der Waals surface area (Å²) in [7, 11) is 0. The molecule has 0 radical (unpaired) electrons. The van der Waals surface area contributed by atoms with Crippen LogP contribution in [0.15, 0.2) is 36.8 Å². The molecule has 4 rings (SSSR count). The van der Waals surface area contributed by atoms with E-state index in [4.69, 9.17) is 0 Å². The number of nitrogens with zero attached hydrogens (tertiary/aromatic N) is 5. The van der Waals surface area contributed by atoms with Crippen LogP contribution in [0.5, 0.6) is 0 Å². The zero-order chi connectivity index (χ0) is 15.1. The lowest BCUT2D eigenvalue weighted by molar-refractivity contribution is 0.0743. The van der Waals surface area contributed by atoms with Crippen molar-refractivity contribution in [1.82, 2.24) is 24.3 Å². The second kappa shape index (κ2) is 4.91. The quantitative estimate of drug-likeness (QED) is 0.723. The van der Waals surface area contributed by atoms with E-state index < -0.39 is 0 Å². The minimum Gasteiger partial charge on any atom is -0.327 e. The highest BCUT2D eigenvalue weighted by Crippen LogP contribution is 2.22. The Kier molecular flexibility index (Phi) is 2.89. The number of aromatic nitrogens is 4. The molecule has 22 heavy (non-hydrogen) atoms. The van der Waals surface area contributed by atoms with E-state index in [-0.39, 0.29) is 5.91 Å². The van der Waals surface area contributed by atoms with Gasteiger partial charge in [0.25, 0.3) is 5.91 Å². The van der Waals surface area contributed by atoms with Crippen molar-refractivity contribution in [2.45, 2.75) is 26.4 Å². The van der Waals surface area contributed by atoms with Crippen molar-refractivity contribution < 1.29 is 4.79 Å². The molecule has 110 valence electrons. The normalized spacial score (nSPS) is 13.6. The topological polar surface area (TPSA) is 63.4 Å². The third kappa shape index (κ3) is 1.95. The Morgan fingerprint density at radius 1 is 1.23 bits per heavy atom. The molecule has 1 aliphatic heterocycles. The average molecular weight is 293 g/mol. The largest absolute Gasteiger partial charge is 0.327 e. The summed E-state index contributed by atoms with van der Waals surface area (Å²) < 4.78 is 1.81. The number of hydrogen-bond donors (Lipinski definition) is 0. The molecule has 0 spiro atoms. The predicted octanol–water partition coefficient (Wildman–Crippen LogP) is 1.84. The van der Waals surface area contributed by atoms with Crippen LogP contribution in [-0.2, 0) is 19.5 Å². The van der Waals surface area contributed by atoms with E-state index in [0.717, 1.165) is 29.1 Å². The maximum Gasteiger partial charge on any atom is 0.273 e. The molecule has 4 heterocycles. The van der Waals surface area contributed by atoms with Crippen molar-refractivity contribution in [2.75, 3.05) is 0 Å². The van der Waals surface area contributed by atoms with E-state index in [1.807, 2.05) is 41.9 Å². The monoisotopic (exact) mass is 293 g/mol. The number of imidazole rings is 1. The van der Waals surface area contributed by atoms with E-state index in [0.29, 0.717) is 18.8 Å². The lowest BCUT2D eigenvalue weighted by Crippen LogP contribution is -2.26. The summed E-state index contributed by atoms with van der Waals surface area (Å²) in [6.07, 6.45) is 6.12. The number of aryl methyl sites for hydroxylation is 1. The van der Waals surface area contributed by atoms with E-state index in [1.165, 1.54) is 0 Å². The van der Waals surface area contributed by atoms with Crippen LogP contribution >= 0.6 is 0 Å². The first-order valence-corrected chi connectivity index (χ1v) is 7.31. The molecule has 3 aromatic rings. The molecule has 0 saturated carbocycles. The van der Waals surface area contributed by atoms with Gasteiger partial charge in [-0.2, -0.15) is 0 Å². The standard InChI is InChI=1S/C16H15N5O/c1-2-14-17-7-11-9-20(10-12(11)19-14)16(22)13-8-18-15-5-3-4-6-21(13)15/h3-8H,2,9-10H2,1H3. The fourth-order valence-corrected chi connectivity index (χ4v) is 2.76. The van der Waals surface area contributed by atoms with Gasteiger partial charge < -0.3 is 4.90 Å². The van der Waals surface area contributed by atoms with Crippen LogP contribution in [0.3, 0.4) is 0 Å². The summed E-state index contributed by atoms with van der Waals surface area (Å²) in [5.74, 6) is 0.789. The van der Waals surface area contributed by atoms with E-state index in [1.54, 1.807) is 11.1 Å². The maximum atomic E-state index is 12.8. The SMILES string of the molecule is CCc1ncc2c(n1)CN(C(=O)c1cnc3ccccn13)C2. The number of hydrogen-bond acceptors (Lipinski definition) is 4. The fraction of sp³-hybridized carbons (Fsp3) is 0.250. The van der Waals surface area contributed by atoms with Crippen molar-refractivity contribution in [3.63, 3.8) is 0 Å². The molecule has 0 fully saturated rings. The smallest absolute Gasteiger partial charge is 0.273 e. The van der Waals surface area contributed by atoms with Crippen LogP contribution in [0.4, 0.5) is 0 Å². The van der Waals surface area contributed by atoms with Crippen LogP contribution in [0.1, 0.15) is 34.5 Å². The summed E-state index contributed by atoms with van der Waals surface area (Å²) in [4.78, 5) is 27.7. The number of amides is 1. The van der Waals surface area contributed by atoms with E-state index in [2.05, 4.69) is 15.0 Å². The molecular weight excluding hydrogens is 278 g/mol. The molecule has 0 N–H and O–H groups in total. The first-order chi connectivity index (χ1) is 10.8. The molecule has 0 aliphatic carbocycles. The van der Waals surface area contributed by atoms with Crippen LogP contribution in [-0.4, -0.2) is 30.2 Å². The van der Waals surface area contributed by atoms with E-state index >= 15 is 0 Å². The summed E-state index contributed by atoms with van der Waals surface area (Å²) in [6, 6.07) is 5.68. The third-order valence-electron chi connectivity index (χ3n) is 3.95. The molecule has 0 unspecified atom stereocenters. The molecule has 3 aromatic heterocycles. The average Bonchev–Trinajstić information content (AvgIpc) is 3.17. The van der Waals surface area contributed by atoms with Gasteiger partial charge in [-0.3, -0.25) is 9.20 Å². The minimum atomic E-state index is -0.0326. The Bertz CT molecular complexity index is 870. The number of carbonyl (C=O) groups excluding carboxylic acids is 1. The van der Waals surface area contributed by atoms with Gasteiger partial charge >= 0.3 is 0 Å². The summed E-state index contributed by atoms with van der Waals surface area (Å²) >= 11 is 0. The van der Waals surface area contributed by atoms with Gasteiger partial charge in [0.15, 0.2) is 0 Å². The molecular formula is C16H15N5O. The second-order valence-electron chi connectivity index (χ2n) is 5.35. The highest BCUT2D eigenvalue weighted by Gasteiger charge is 2.27. The van der Waals surface area contributed by atoms with Gasteiger partial charge in [0.2, 0.25) is 0 Å². The Labute approximate surface area is 127 Å². The molecule has 6 heteroatoms. The van der Waals surface area contributed by atoms with Crippen molar-refractivity contribution in [3.8, 4) is 0 Å². The van der Waals surface area contributed by atoms with Crippen LogP contribution < -0.4 is 0 Å². The second-order valence-corrected chi connectivity index (χ2v) is 5.35.